The minimum atomic E-state index is -3.73. The van der Waals surface area contributed by atoms with E-state index in [0.717, 1.165) is 11.3 Å². The van der Waals surface area contributed by atoms with Crippen molar-refractivity contribution in [3.05, 3.63) is 17.5 Å². The van der Waals surface area contributed by atoms with E-state index in [-0.39, 0.29) is 10.1 Å². The molecular formula is C13H18N2O5S2. The third-order valence-corrected chi connectivity index (χ3v) is 6.44. The van der Waals surface area contributed by atoms with Gasteiger partial charge < -0.3 is 10.0 Å². The number of aliphatic carboxylic acids is 1. The number of carbonyl (C=O) groups excluding carboxylic acids is 1. The Morgan fingerprint density at radius 1 is 1.50 bits per heavy atom. The van der Waals surface area contributed by atoms with E-state index in [9.17, 15) is 23.1 Å². The first-order valence-corrected chi connectivity index (χ1v) is 9.23. The van der Waals surface area contributed by atoms with Crippen LogP contribution in [0, 0.1) is 5.92 Å². The van der Waals surface area contributed by atoms with Crippen molar-refractivity contribution in [2.45, 2.75) is 30.0 Å². The van der Waals surface area contributed by atoms with Gasteiger partial charge in [-0.1, -0.05) is 13.0 Å². The third-order valence-electron chi connectivity index (χ3n) is 3.64. The maximum Gasteiger partial charge on any atom is 0.326 e. The number of hydrogen-bond acceptors (Lipinski definition) is 5. The van der Waals surface area contributed by atoms with Gasteiger partial charge >= 0.3 is 5.97 Å². The molecule has 1 fully saturated rings. The minimum Gasteiger partial charge on any atom is -0.480 e. The van der Waals surface area contributed by atoms with E-state index in [1.54, 1.807) is 11.4 Å². The van der Waals surface area contributed by atoms with Crippen molar-refractivity contribution in [3.63, 3.8) is 0 Å². The number of piperidine rings is 1. The van der Waals surface area contributed by atoms with Crippen molar-refractivity contribution >= 4 is 33.2 Å². The fourth-order valence-corrected chi connectivity index (χ4v) is 4.43. The predicted octanol–water partition coefficient (Wildman–Crippen LogP) is 0.738. The van der Waals surface area contributed by atoms with Crippen molar-refractivity contribution in [1.82, 2.24) is 9.62 Å². The molecule has 0 bridgehead atoms. The van der Waals surface area contributed by atoms with Gasteiger partial charge in [-0.3, -0.25) is 4.79 Å². The molecule has 2 rings (SSSR count). The molecule has 1 saturated heterocycles. The Bertz CT molecular complexity index is 641. The average molecular weight is 346 g/mol. The smallest absolute Gasteiger partial charge is 0.326 e. The summed E-state index contributed by atoms with van der Waals surface area (Å²) in [6, 6.07) is 2.16. The van der Waals surface area contributed by atoms with Crippen molar-refractivity contribution < 1.29 is 23.1 Å². The maximum absolute atomic E-state index is 12.2. The Kier molecular flexibility index (Phi) is 5.20. The van der Waals surface area contributed by atoms with Gasteiger partial charge in [0.25, 0.3) is 10.0 Å². The molecule has 2 heterocycles. The molecule has 2 atom stereocenters. The Balaban J connectivity index is 2.01. The van der Waals surface area contributed by atoms with E-state index in [2.05, 4.69) is 4.72 Å². The molecule has 0 aromatic carbocycles. The zero-order valence-electron chi connectivity index (χ0n) is 12.1. The molecule has 22 heavy (non-hydrogen) atoms. The van der Waals surface area contributed by atoms with Gasteiger partial charge in [0, 0.05) is 6.54 Å². The molecule has 1 aromatic heterocycles. The Hall–Kier alpha value is -1.45. The van der Waals surface area contributed by atoms with Gasteiger partial charge in [0.15, 0.2) is 0 Å². The van der Waals surface area contributed by atoms with Gasteiger partial charge in [0.2, 0.25) is 5.91 Å². The largest absolute Gasteiger partial charge is 0.480 e. The van der Waals surface area contributed by atoms with Gasteiger partial charge in [-0.05, 0) is 30.2 Å². The van der Waals surface area contributed by atoms with Crippen LogP contribution in [0.1, 0.15) is 19.8 Å². The van der Waals surface area contributed by atoms with Crippen LogP contribution in [0.5, 0.6) is 0 Å². The van der Waals surface area contributed by atoms with E-state index < -0.39 is 34.5 Å². The number of thiophene rings is 1. The van der Waals surface area contributed by atoms with Gasteiger partial charge in [0.05, 0.1) is 6.54 Å². The van der Waals surface area contributed by atoms with Crippen molar-refractivity contribution in [2.75, 3.05) is 13.1 Å². The van der Waals surface area contributed by atoms with Crippen LogP contribution >= 0.6 is 11.3 Å². The quantitative estimate of drug-likeness (QED) is 0.818. The summed E-state index contributed by atoms with van der Waals surface area (Å²) in [5.74, 6) is -1.34. The van der Waals surface area contributed by atoms with Crippen LogP contribution in [0.25, 0.3) is 0 Å². The summed E-state index contributed by atoms with van der Waals surface area (Å²) >= 11 is 1.05. The molecule has 0 spiro atoms. The average Bonchev–Trinajstić information content (AvgIpc) is 2.99. The molecule has 7 nitrogen and oxygen atoms in total. The van der Waals surface area contributed by atoms with E-state index in [4.69, 9.17) is 0 Å². The van der Waals surface area contributed by atoms with E-state index in [1.165, 1.54) is 11.0 Å². The molecule has 1 amide bonds. The number of hydrogen-bond donors (Lipinski definition) is 2. The zero-order chi connectivity index (χ0) is 16.3. The van der Waals surface area contributed by atoms with Crippen LogP contribution in [0.3, 0.4) is 0 Å². The second-order valence-electron chi connectivity index (χ2n) is 5.33. The third kappa shape index (κ3) is 3.84. The first kappa shape index (κ1) is 16.9. The van der Waals surface area contributed by atoms with E-state index >= 15 is 0 Å². The Morgan fingerprint density at radius 3 is 2.82 bits per heavy atom. The van der Waals surface area contributed by atoms with Gasteiger partial charge in [-0.2, -0.15) is 0 Å². The van der Waals surface area contributed by atoms with Crippen LogP contribution in [0.15, 0.2) is 21.7 Å². The summed E-state index contributed by atoms with van der Waals surface area (Å²) < 4.78 is 26.3. The monoisotopic (exact) mass is 346 g/mol. The maximum atomic E-state index is 12.2. The lowest BCUT2D eigenvalue weighted by atomic mass is 9.92. The van der Waals surface area contributed by atoms with Crippen LogP contribution in [-0.4, -0.2) is 49.4 Å². The second-order valence-corrected chi connectivity index (χ2v) is 8.27. The number of sulfonamides is 1. The standard InChI is InChI=1S/C13H18N2O5S2/c1-9-4-5-15(10(7-9)13(17)18)11(16)8-14-22(19,20)12-3-2-6-21-12/h2-3,6,9-10,14H,4-5,7-8H2,1H3,(H,17,18). The number of nitrogens with zero attached hydrogens (tertiary/aromatic N) is 1. The highest BCUT2D eigenvalue weighted by Gasteiger charge is 2.34. The predicted molar refractivity (Wildman–Crippen MR) is 81.0 cm³/mol. The second kappa shape index (κ2) is 6.76. The molecule has 122 valence electrons. The van der Waals surface area contributed by atoms with Gasteiger partial charge in [0.1, 0.15) is 10.3 Å². The number of carboxylic acids is 1. The highest BCUT2D eigenvalue weighted by molar-refractivity contribution is 7.91. The van der Waals surface area contributed by atoms with Crippen molar-refractivity contribution in [3.8, 4) is 0 Å². The summed E-state index contributed by atoms with van der Waals surface area (Å²) in [5, 5.41) is 10.9. The first-order valence-electron chi connectivity index (χ1n) is 6.86. The van der Waals surface area contributed by atoms with Gasteiger partial charge in [-0.15, -0.1) is 11.3 Å². The molecule has 9 heteroatoms. The molecule has 0 saturated carbocycles. The number of amides is 1. The lowest BCUT2D eigenvalue weighted by Gasteiger charge is -2.36. The van der Waals surface area contributed by atoms with E-state index in [0.29, 0.717) is 19.4 Å². The van der Waals surface area contributed by atoms with Crippen LogP contribution in [0.4, 0.5) is 0 Å². The molecule has 2 unspecified atom stereocenters. The fraction of sp³-hybridized carbons (Fsp3) is 0.538. The van der Waals surface area contributed by atoms with Crippen LogP contribution in [-0.2, 0) is 19.6 Å². The van der Waals surface area contributed by atoms with Crippen molar-refractivity contribution in [2.24, 2.45) is 5.92 Å². The zero-order valence-corrected chi connectivity index (χ0v) is 13.7. The van der Waals surface area contributed by atoms with Gasteiger partial charge in [-0.25, -0.2) is 17.9 Å². The fourth-order valence-electron chi connectivity index (χ4n) is 2.42. The normalized spacial score (nSPS) is 22.5. The molecule has 1 aliphatic rings. The molecule has 1 aromatic rings. The summed E-state index contributed by atoms with van der Waals surface area (Å²) in [7, 11) is -3.73. The molecular weight excluding hydrogens is 328 g/mol. The van der Waals surface area contributed by atoms with Crippen LogP contribution < -0.4 is 4.72 Å². The molecule has 2 N–H and O–H groups in total. The minimum absolute atomic E-state index is 0.127. The lowest BCUT2D eigenvalue weighted by Crippen LogP contribution is -2.52. The number of nitrogens with one attached hydrogen (secondary N) is 1. The molecule has 0 radical (unpaired) electrons. The Morgan fingerprint density at radius 2 is 2.23 bits per heavy atom. The summed E-state index contributed by atoms with van der Waals surface area (Å²) in [6.45, 7) is 1.84. The first-order chi connectivity index (χ1) is 10.3. The number of carboxylic acid groups (broad SMARTS) is 1. The summed E-state index contributed by atoms with van der Waals surface area (Å²) in [6.07, 6.45) is 1.10. The SMILES string of the molecule is CC1CCN(C(=O)CNS(=O)(=O)c2cccs2)C(C(=O)O)C1. The lowest BCUT2D eigenvalue weighted by molar-refractivity contribution is -0.152. The summed E-state index contributed by atoms with van der Waals surface area (Å²) in [4.78, 5) is 24.7. The highest BCUT2D eigenvalue weighted by Crippen LogP contribution is 2.23. The Labute approximate surface area is 133 Å². The number of likely N-dealkylation sites (tertiary alicyclic amines) is 1. The van der Waals surface area contributed by atoms with E-state index in [1.807, 2.05) is 6.92 Å². The molecule has 0 aliphatic carbocycles. The number of rotatable bonds is 5. The molecule has 1 aliphatic heterocycles. The number of carbonyl (C=O) groups is 2. The highest BCUT2D eigenvalue weighted by atomic mass is 32.2. The summed E-state index contributed by atoms with van der Waals surface area (Å²) in [5.41, 5.74) is 0. The topological polar surface area (TPSA) is 104 Å². The van der Waals surface area contributed by atoms with Crippen LogP contribution in [0.2, 0.25) is 0 Å². The van der Waals surface area contributed by atoms with Crippen molar-refractivity contribution in [1.29, 1.82) is 0 Å².